The summed E-state index contributed by atoms with van der Waals surface area (Å²) in [4.78, 5) is 23.5. The fourth-order valence-electron chi connectivity index (χ4n) is 1.51. The summed E-state index contributed by atoms with van der Waals surface area (Å²) in [5.74, 6) is -0.638. The van der Waals surface area contributed by atoms with Gasteiger partial charge in [-0.2, -0.15) is 0 Å². The quantitative estimate of drug-likeness (QED) is 0.435. The molecule has 0 aromatic carbocycles. The average molecular weight is 273 g/mol. The molecule has 0 spiro atoms. The zero-order chi connectivity index (χ0) is 14.9. The van der Waals surface area contributed by atoms with Crippen molar-refractivity contribution in [3.05, 3.63) is 0 Å². The summed E-state index contributed by atoms with van der Waals surface area (Å²) in [6.07, 6.45) is 2.31. The fourth-order valence-corrected chi connectivity index (χ4v) is 1.51. The van der Waals surface area contributed by atoms with Crippen molar-refractivity contribution in [3.8, 4) is 0 Å². The molecule has 5 N–H and O–H groups in total. The SMILES string of the molecule is CC(C)(C)OC(=O)[C@H](CCCCN)NC(=O)CCN. The molecular formula is C13H27N3O3. The molecule has 6 heteroatoms. The first-order valence-corrected chi connectivity index (χ1v) is 6.72. The molecule has 0 unspecified atom stereocenters. The zero-order valence-electron chi connectivity index (χ0n) is 12.2. The molecule has 0 saturated heterocycles. The van der Waals surface area contributed by atoms with E-state index in [0.717, 1.165) is 12.8 Å². The second-order valence-electron chi connectivity index (χ2n) is 5.48. The van der Waals surface area contributed by atoms with Crippen molar-refractivity contribution in [3.63, 3.8) is 0 Å². The Hall–Kier alpha value is -1.14. The lowest BCUT2D eigenvalue weighted by molar-refractivity contribution is -0.158. The van der Waals surface area contributed by atoms with Crippen LogP contribution in [0.25, 0.3) is 0 Å². The summed E-state index contributed by atoms with van der Waals surface area (Å²) in [6.45, 7) is 6.21. The van der Waals surface area contributed by atoms with E-state index in [1.54, 1.807) is 20.8 Å². The van der Waals surface area contributed by atoms with E-state index in [1.165, 1.54) is 0 Å². The summed E-state index contributed by atoms with van der Waals surface area (Å²) < 4.78 is 5.29. The number of ether oxygens (including phenoxy) is 1. The van der Waals surface area contributed by atoms with E-state index in [9.17, 15) is 9.59 Å². The van der Waals surface area contributed by atoms with Gasteiger partial charge in [0.2, 0.25) is 5.91 Å². The minimum absolute atomic E-state index is 0.205. The number of carbonyl (C=O) groups excluding carboxylic acids is 2. The third kappa shape index (κ3) is 9.44. The number of nitrogens with two attached hydrogens (primary N) is 2. The average Bonchev–Trinajstić information content (AvgIpc) is 2.26. The van der Waals surface area contributed by atoms with Crippen molar-refractivity contribution in [2.24, 2.45) is 11.5 Å². The minimum Gasteiger partial charge on any atom is -0.458 e. The van der Waals surface area contributed by atoms with Crippen LogP contribution in [0.15, 0.2) is 0 Å². The Labute approximate surface area is 115 Å². The predicted molar refractivity (Wildman–Crippen MR) is 74.4 cm³/mol. The first-order valence-electron chi connectivity index (χ1n) is 6.72. The lowest BCUT2D eigenvalue weighted by Gasteiger charge is -2.24. The molecule has 0 aromatic heterocycles. The van der Waals surface area contributed by atoms with E-state index in [1.807, 2.05) is 0 Å². The van der Waals surface area contributed by atoms with Crippen molar-refractivity contribution in [1.29, 1.82) is 0 Å². The number of rotatable bonds is 8. The Balaban J connectivity index is 4.47. The summed E-state index contributed by atoms with van der Waals surface area (Å²) in [6, 6.07) is -0.621. The van der Waals surface area contributed by atoms with Gasteiger partial charge >= 0.3 is 5.97 Å². The third-order valence-corrected chi connectivity index (χ3v) is 2.34. The van der Waals surface area contributed by atoms with Crippen LogP contribution in [0.1, 0.15) is 46.5 Å². The van der Waals surface area contributed by atoms with Gasteiger partial charge in [-0.1, -0.05) is 0 Å². The van der Waals surface area contributed by atoms with Gasteiger partial charge in [0.05, 0.1) is 0 Å². The van der Waals surface area contributed by atoms with Gasteiger partial charge in [0, 0.05) is 13.0 Å². The van der Waals surface area contributed by atoms with Gasteiger partial charge < -0.3 is 21.5 Å². The molecule has 0 saturated carbocycles. The van der Waals surface area contributed by atoms with Gasteiger partial charge in [0.25, 0.3) is 0 Å². The minimum atomic E-state index is -0.621. The van der Waals surface area contributed by atoms with E-state index in [0.29, 0.717) is 13.0 Å². The lowest BCUT2D eigenvalue weighted by Crippen LogP contribution is -2.44. The maximum absolute atomic E-state index is 12.0. The summed E-state index contributed by atoms with van der Waals surface area (Å²) in [5.41, 5.74) is 10.2. The predicted octanol–water partition coefficient (Wildman–Crippen LogP) is 0.291. The molecule has 112 valence electrons. The highest BCUT2D eigenvalue weighted by Gasteiger charge is 2.25. The number of esters is 1. The lowest BCUT2D eigenvalue weighted by atomic mass is 10.1. The van der Waals surface area contributed by atoms with Crippen LogP contribution < -0.4 is 16.8 Å². The standard InChI is InChI=1S/C13H27N3O3/c1-13(2,3)19-12(18)10(6-4-5-8-14)16-11(17)7-9-15/h10H,4-9,14-15H2,1-3H3,(H,16,17)/t10-/m0/s1. The number of hydrogen-bond donors (Lipinski definition) is 3. The van der Waals surface area contributed by atoms with Crippen LogP contribution in [-0.2, 0) is 14.3 Å². The molecule has 1 atom stereocenters. The molecular weight excluding hydrogens is 246 g/mol. The number of nitrogens with one attached hydrogen (secondary N) is 1. The van der Waals surface area contributed by atoms with E-state index in [4.69, 9.17) is 16.2 Å². The van der Waals surface area contributed by atoms with Crippen LogP contribution in [0.5, 0.6) is 0 Å². The summed E-state index contributed by atoms with van der Waals surface area (Å²) in [5, 5.41) is 2.66. The molecule has 0 bridgehead atoms. The number of hydrogen-bond acceptors (Lipinski definition) is 5. The van der Waals surface area contributed by atoms with Gasteiger partial charge in [0.15, 0.2) is 0 Å². The Morgan fingerprint density at radius 3 is 2.26 bits per heavy atom. The first kappa shape index (κ1) is 17.9. The van der Waals surface area contributed by atoms with Crippen molar-refractivity contribution >= 4 is 11.9 Å². The Bertz CT molecular complexity index is 287. The summed E-state index contributed by atoms with van der Waals surface area (Å²) in [7, 11) is 0. The molecule has 0 aromatic rings. The number of unbranched alkanes of at least 4 members (excludes halogenated alkanes) is 1. The third-order valence-electron chi connectivity index (χ3n) is 2.34. The molecule has 6 nitrogen and oxygen atoms in total. The fraction of sp³-hybridized carbons (Fsp3) is 0.846. The highest BCUT2D eigenvalue weighted by molar-refractivity contribution is 5.84. The van der Waals surface area contributed by atoms with Crippen LogP contribution in [0.4, 0.5) is 0 Å². The maximum atomic E-state index is 12.0. The molecule has 0 heterocycles. The molecule has 0 aliphatic rings. The van der Waals surface area contributed by atoms with Crippen LogP contribution in [0.3, 0.4) is 0 Å². The van der Waals surface area contributed by atoms with Gasteiger partial charge in [-0.25, -0.2) is 4.79 Å². The highest BCUT2D eigenvalue weighted by Crippen LogP contribution is 2.11. The second-order valence-corrected chi connectivity index (χ2v) is 5.48. The normalized spacial score (nSPS) is 12.9. The Morgan fingerprint density at radius 1 is 1.16 bits per heavy atom. The number of amides is 1. The van der Waals surface area contributed by atoms with Crippen LogP contribution in [0, 0.1) is 0 Å². The first-order chi connectivity index (χ1) is 8.80. The second kappa shape index (κ2) is 8.87. The molecule has 0 rings (SSSR count). The van der Waals surface area contributed by atoms with Crippen molar-refractivity contribution in [2.45, 2.75) is 58.1 Å². The molecule has 0 radical (unpaired) electrons. The smallest absolute Gasteiger partial charge is 0.329 e. The largest absolute Gasteiger partial charge is 0.458 e. The van der Waals surface area contributed by atoms with Gasteiger partial charge in [0.1, 0.15) is 11.6 Å². The van der Waals surface area contributed by atoms with Crippen molar-refractivity contribution < 1.29 is 14.3 Å². The van der Waals surface area contributed by atoms with Crippen LogP contribution in [-0.4, -0.2) is 36.6 Å². The van der Waals surface area contributed by atoms with Crippen molar-refractivity contribution in [2.75, 3.05) is 13.1 Å². The Morgan fingerprint density at radius 2 is 1.79 bits per heavy atom. The maximum Gasteiger partial charge on any atom is 0.329 e. The van der Waals surface area contributed by atoms with E-state index in [2.05, 4.69) is 5.32 Å². The topological polar surface area (TPSA) is 107 Å². The molecule has 1 amide bonds. The highest BCUT2D eigenvalue weighted by atomic mass is 16.6. The molecule has 19 heavy (non-hydrogen) atoms. The zero-order valence-corrected chi connectivity index (χ0v) is 12.2. The van der Waals surface area contributed by atoms with Gasteiger partial charge in [-0.15, -0.1) is 0 Å². The monoisotopic (exact) mass is 273 g/mol. The Kier molecular flexibility index (Phi) is 8.34. The van der Waals surface area contributed by atoms with Crippen molar-refractivity contribution in [1.82, 2.24) is 5.32 Å². The van der Waals surface area contributed by atoms with E-state index in [-0.39, 0.29) is 18.9 Å². The summed E-state index contributed by atoms with van der Waals surface area (Å²) >= 11 is 0. The molecule has 0 fully saturated rings. The van der Waals surface area contributed by atoms with Crippen LogP contribution in [0.2, 0.25) is 0 Å². The molecule has 0 aliphatic heterocycles. The molecule has 0 aliphatic carbocycles. The van der Waals surface area contributed by atoms with Gasteiger partial charge in [-0.3, -0.25) is 4.79 Å². The van der Waals surface area contributed by atoms with E-state index < -0.39 is 17.6 Å². The van der Waals surface area contributed by atoms with Crippen LogP contribution >= 0.6 is 0 Å². The number of carbonyl (C=O) groups is 2. The van der Waals surface area contributed by atoms with E-state index >= 15 is 0 Å². The van der Waals surface area contributed by atoms with Gasteiger partial charge in [-0.05, 0) is 46.6 Å².